The molecular weight excluding hydrogens is 430 g/mol. The molecular formula is C27H25N3O2S. The van der Waals surface area contributed by atoms with Crippen LogP contribution < -0.4 is 14.8 Å². The molecule has 166 valence electrons. The Balaban J connectivity index is 1.46. The number of hydrogen-bond donors (Lipinski definition) is 0. The number of aromatic nitrogens is 3. The Labute approximate surface area is 196 Å². The monoisotopic (exact) mass is 455 g/mol. The summed E-state index contributed by atoms with van der Waals surface area (Å²) in [5, 5.41) is 6.81. The Kier molecular flexibility index (Phi) is 5.46. The van der Waals surface area contributed by atoms with Gasteiger partial charge in [-0.2, -0.15) is 4.52 Å². The minimum Gasteiger partial charge on any atom is -0.497 e. The van der Waals surface area contributed by atoms with Crippen molar-refractivity contribution in [1.29, 1.82) is 0 Å². The summed E-state index contributed by atoms with van der Waals surface area (Å²) in [6, 6.07) is 20.7. The highest BCUT2D eigenvalue weighted by molar-refractivity contribution is 7.15. The molecule has 5 nitrogen and oxygen atoms in total. The van der Waals surface area contributed by atoms with Gasteiger partial charge in [-0.05, 0) is 51.6 Å². The van der Waals surface area contributed by atoms with Crippen LogP contribution in [0.3, 0.4) is 0 Å². The molecule has 33 heavy (non-hydrogen) atoms. The third-order valence-corrected chi connectivity index (χ3v) is 7.02. The lowest BCUT2D eigenvalue weighted by Gasteiger charge is -2.10. The SMILES string of the molecule is COc1ccc2cc(C(C)c3nc4s/c(=C\c5ccc(C(C)C)cc5)c(=O)n4n3)ccc2c1. The highest BCUT2D eigenvalue weighted by Gasteiger charge is 2.17. The van der Waals surface area contributed by atoms with Gasteiger partial charge in [-0.1, -0.05) is 80.6 Å². The number of ether oxygens (including phenoxy) is 1. The van der Waals surface area contributed by atoms with Crippen LogP contribution in [0, 0.1) is 0 Å². The topological polar surface area (TPSA) is 56.5 Å². The smallest absolute Gasteiger partial charge is 0.291 e. The fourth-order valence-corrected chi connectivity index (χ4v) is 4.86. The van der Waals surface area contributed by atoms with Gasteiger partial charge in [0.05, 0.1) is 11.6 Å². The van der Waals surface area contributed by atoms with Crippen LogP contribution in [0.4, 0.5) is 0 Å². The van der Waals surface area contributed by atoms with E-state index in [2.05, 4.69) is 67.3 Å². The first-order valence-electron chi connectivity index (χ1n) is 11.0. The Morgan fingerprint density at radius 2 is 1.64 bits per heavy atom. The van der Waals surface area contributed by atoms with E-state index in [1.165, 1.54) is 21.4 Å². The molecule has 0 radical (unpaired) electrons. The maximum Gasteiger partial charge on any atom is 0.291 e. The van der Waals surface area contributed by atoms with Crippen molar-refractivity contribution in [2.45, 2.75) is 32.6 Å². The molecule has 0 amide bonds. The lowest BCUT2D eigenvalue weighted by molar-refractivity contribution is 0.415. The number of methoxy groups -OCH3 is 1. The van der Waals surface area contributed by atoms with E-state index < -0.39 is 0 Å². The minimum absolute atomic E-state index is 0.0287. The summed E-state index contributed by atoms with van der Waals surface area (Å²) in [4.78, 5) is 18.3. The third kappa shape index (κ3) is 4.02. The van der Waals surface area contributed by atoms with Gasteiger partial charge in [0.1, 0.15) is 5.75 Å². The second-order valence-electron chi connectivity index (χ2n) is 8.60. The van der Waals surface area contributed by atoms with Gasteiger partial charge < -0.3 is 4.74 Å². The van der Waals surface area contributed by atoms with Crippen LogP contribution in [0.5, 0.6) is 5.75 Å². The molecule has 0 aliphatic carbocycles. The van der Waals surface area contributed by atoms with E-state index in [4.69, 9.17) is 4.74 Å². The first-order valence-corrected chi connectivity index (χ1v) is 11.8. The first kappa shape index (κ1) is 21.3. The summed E-state index contributed by atoms with van der Waals surface area (Å²) in [6.07, 6.45) is 1.91. The predicted octanol–water partition coefficient (Wildman–Crippen LogP) is 5.14. The first-order chi connectivity index (χ1) is 15.9. The van der Waals surface area contributed by atoms with Gasteiger partial charge in [0.15, 0.2) is 5.82 Å². The van der Waals surface area contributed by atoms with Crippen molar-refractivity contribution in [1.82, 2.24) is 14.6 Å². The molecule has 2 aromatic heterocycles. The van der Waals surface area contributed by atoms with Crippen LogP contribution >= 0.6 is 11.3 Å². The number of thiazole rings is 1. The molecule has 2 heterocycles. The minimum atomic E-state index is -0.125. The third-order valence-electron chi connectivity index (χ3n) is 6.06. The second kappa shape index (κ2) is 8.45. The molecule has 0 aliphatic rings. The average Bonchev–Trinajstić information content (AvgIpc) is 3.37. The maximum absolute atomic E-state index is 12.9. The Hall–Kier alpha value is -3.51. The van der Waals surface area contributed by atoms with E-state index in [0.29, 0.717) is 21.2 Å². The van der Waals surface area contributed by atoms with Crippen LogP contribution in [0.15, 0.2) is 65.5 Å². The fourth-order valence-electron chi connectivity index (χ4n) is 3.95. The van der Waals surface area contributed by atoms with Crippen molar-refractivity contribution >= 4 is 33.1 Å². The zero-order chi connectivity index (χ0) is 23.1. The molecule has 1 atom stereocenters. The lowest BCUT2D eigenvalue weighted by Crippen LogP contribution is -2.24. The van der Waals surface area contributed by atoms with Crippen molar-refractivity contribution in [3.63, 3.8) is 0 Å². The van der Waals surface area contributed by atoms with Gasteiger partial charge in [-0.3, -0.25) is 4.79 Å². The van der Waals surface area contributed by atoms with Gasteiger partial charge in [0, 0.05) is 5.92 Å². The van der Waals surface area contributed by atoms with E-state index in [9.17, 15) is 4.79 Å². The van der Waals surface area contributed by atoms with Crippen LogP contribution in [0.25, 0.3) is 21.8 Å². The Morgan fingerprint density at radius 1 is 0.939 bits per heavy atom. The Morgan fingerprint density at radius 3 is 2.33 bits per heavy atom. The van der Waals surface area contributed by atoms with Crippen molar-refractivity contribution in [2.24, 2.45) is 0 Å². The van der Waals surface area contributed by atoms with Gasteiger partial charge in [-0.25, -0.2) is 4.98 Å². The van der Waals surface area contributed by atoms with Crippen LogP contribution in [-0.4, -0.2) is 21.7 Å². The number of fused-ring (bicyclic) bond motifs is 2. The van der Waals surface area contributed by atoms with Gasteiger partial charge in [0.2, 0.25) is 4.96 Å². The van der Waals surface area contributed by atoms with Crippen LogP contribution in [-0.2, 0) is 0 Å². The summed E-state index contributed by atoms with van der Waals surface area (Å²) in [6.45, 7) is 6.40. The van der Waals surface area contributed by atoms with Crippen LogP contribution in [0.2, 0.25) is 0 Å². The van der Waals surface area contributed by atoms with Crippen molar-refractivity contribution < 1.29 is 4.74 Å². The summed E-state index contributed by atoms with van der Waals surface area (Å²) in [5.74, 6) is 1.94. The number of hydrogen-bond acceptors (Lipinski definition) is 5. The largest absolute Gasteiger partial charge is 0.497 e. The molecule has 0 bridgehead atoms. The summed E-state index contributed by atoms with van der Waals surface area (Å²) < 4.78 is 7.38. The van der Waals surface area contributed by atoms with Crippen molar-refractivity contribution in [2.75, 3.05) is 7.11 Å². The highest BCUT2D eigenvalue weighted by Crippen LogP contribution is 2.27. The van der Waals surface area contributed by atoms with Gasteiger partial charge >= 0.3 is 0 Å². The molecule has 5 aromatic rings. The number of nitrogens with zero attached hydrogens (tertiary/aromatic N) is 3. The van der Waals surface area contributed by atoms with Gasteiger partial charge in [-0.15, -0.1) is 5.10 Å². The Bertz CT molecular complexity index is 1570. The molecule has 0 fully saturated rings. The fraction of sp³-hybridized carbons (Fsp3) is 0.222. The zero-order valence-electron chi connectivity index (χ0n) is 19.1. The van der Waals surface area contributed by atoms with E-state index >= 15 is 0 Å². The molecule has 3 aromatic carbocycles. The summed E-state index contributed by atoms with van der Waals surface area (Å²) in [5.41, 5.74) is 3.26. The van der Waals surface area contributed by atoms with Crippen molar-refractivity contribution in [3.8, 4) is 5.75 Å². The van der Waals surface area contributed by atoms with E-state index in [-0.39, 0.29) is 11.5 Å². The van der Waals surface area contributed by atoms with Crippen LogP contribution in [0.1, 0.15) is 55.1 Å². The molecule has 5 rings (SSSR count). The van der Waals surface area contributed by atoms with E-state index in [1.54, 1.807) is 7.11 Å². The van der Waals surface area contributed by atoms with E-state index in [1.807, 2.05) is 30.3 Å². The zero-order valence-corrected chi connectivity index (χ0v) is 19.9. The molecule has 1 unspecified atom stereocenters. The summed E-state index contributed by atoms with van der Waals surface area (Å²) >= 11 is 1.38. The molecule has 0 aliphatic heterocycles. The molecule has 0 saturated heterocycles. The summed E-state index contributed by atoms with van der Waals surface area (Å²) in [7, 11) is 1.67. The number of benzene rings is 3. The van der Waals surface area contributed by atoms with Crippen molar-refractivity contribution in [3.05, 3.63) is 98.1 Å². The quantitative estimate of drug-likeness (QED) is 0.368. The molecule has 0 N–H and O–H groups in total. The van der Waals surface area contributed by atoms with E-state index in [0.717, 1.165) is 27.6 Å². The molecule has 0 spiro atoms. The predicted molar refractivity (Wildman–Crippen MR) is 134 cm³/mol. The lowest BCUT2D eigenvalue weighted by atomic mass is 9.97. The van der Waals surface area contributed by atoms with Gasteiger partial charge in [0.25, 0.3) is 5.56 Å². The standard InChI is InChI=1S/C27H25N3O2S/c1-16(2)19-7-5-18(6-8-19)13-24-26(31)30-27(33-24)28-25(29-30)17(3)20-9-10-22-15-23(32-4)12-11-21(22)14-20/h5-17H,1-4H3/b24-13-. The highest BCUT2D eigenvalue weighted by atomic mass is 32.1. The number of rotatable bonds is 5. The average molecular weight is 456 g/mol. The molecule has 6 heteroatoms. The second-order valence-corrected chi connectivity index (χ2v) is 9.60. The maximum atomic E-state index is 12.9. The normalized spacial score (nSPS) is 13.3. The molecule has 0 saturated carbocycles.